The fourth-order valence-corrected chi connectivity index (χ4v) is 12.2. The maximum absolute atomic E-state index is 2.47. The van der Waals surface area contributed by atoms with Gasteiger partial charge in [-0.2, -0.15) is 0 Å². The largest absolute Gasteiger partial charge is 0.310 e. The van der Waals surface area contributed by atoms with E-state index in [2.05, 4.69) is 254 Å². The molecule has 0 bridgehead atoms. The summed E-state index contributed by atoms with van der Waals surface area (Å²) in [7, 11) is 0. The normalized spacial score (nSPS) is 15.1. The van der Waals surface area contributed by atoms with E-state index in [1.165, 1.54) is 97.7 Å². The second-order valence-electron chi connectivity index (χ2n) is 17.9. The van der Waals surface area contributed by atoms with Crippen molar-refractivity contribution >= 4 is 59.3 Å². The van der Waals surface area contributed by atoms with Crippen LogP contribution in [-0.4, -0.2) is 0 Å². The zero-order chi connectivity index (χ0) is 44.3. The number of nitrogens with zero attached hydrogens (tertiary/aromatic N) is 1. The van der Waals surface area contributed by atoms with Crippen LogP contribution < -0.4 is 4.90 Å². The van der Waals surface area contributed by atoms with Crippen molar-refractivity contribution in [1.82, 2.24) is 0 Å². The molecule has 2 aliphatic rings. The monoisotopic (exact) mass is 871 g/mol. The molecule has 0 spiro atoms. The molecular formula is C65H45NS. The second-order valence-corrected chi connectivity index (χ2v) is 19.0. The summed E-state index contributed by atoms with van der Waals surface area (Å²) in [6, 6.07) is 85.5. The summed E-state index contributed by atoms with van der Waals surface area (Å²) >= 11 is 1.86. The Morgan fingerprint density at radius 1 is 0.388 bits per heavy atom. The molecule has 1 nitrogen and oxygen atoms in total. The van der Waals surface area contributed by atoms with E-state index in [1.807, 2.05) is 11.3 Å². The quantitative estimate of drug-likeness (QED) is 0.147. The van der Waals surface area contributed by atoms with Crippen LogP contribution in [0.25, 0.3) is 75.5 Å². The SMILES string of the molecule is C1=CC(C2(c3ccccc3)c3ccccc3-c3c(-c4ccc(N(c5ccc(-c6cccc(-c7ccc8ccccc8c7)c6)cc5)c5ccc6c(c5)sc5ccccc56)cc4)cccc32)=CCC1. The molecule has 2 heteroatoms. The first kappa shape index (κ1) is 39.3. The van der Waals surface area contributed by atoms with Gasteiger partial charge in [0.25, 0.3) is 0 Å². The summed E-state index contributed by atoms with van der Waals surface area (Å²) in [5, 5.41) is 5.12. The number of thiophene rings is 1. The highest BCUT2D eigenvalue weighted by molar-refractivity contribution is 7.25. The molecule has 0 amide bonds. The Kier molecular flexibility index (Phi) is 9.47. The molecule has 316 valence electrons. The van der Waals surface area contributed by atoms with E-state index in [1.54, 1.807) is 0 Å². The highest BCUT2D eigenvalue weighted by Crippen LogP contribution is 2.59. The summed E-state index contributed by atoms with van der Waals surface area (Å²) in [6.07, 6.45) is 9.33. The van der Waals surface area contributed by atoms with Gasteiger partial charge in [0.15, 0.2) is 0 Å². The number of hydrogen-bond acceptors (Lipinski definition) is 2. The molecule has 1 heterocycles. The number of hydrogen-bond donors (Lipinski definition) is 0. The van der Waals surface area contributed by atoms with E-state index < -0.39 is 5.41 Å². The van der Waals surface area contributed by atoms with Crippen molar-refractivity contribution in [3.63, 3.8) is 0 Å². The lowest BCUT2D eigenvalue weighted by Crippen LogP contribution is -2.29. The van der Waals surface area contributed by atoms with E-state index in [-0.39, 0.29) is 0 Å². The summed E-state index contributed by atoms with van der Waals surface area (Å²) in [5.74, 6) is 0. The van der Waals surface area contributed by atoms with Crippen molar-refractivity contribution in [2.75, 3.05) is 4.90 Å². The Morgan fingerprint density at radius 3 is 1.84 bits per heavy atom. The van der Waals surface area contributed by atoms with E-state index in [9.17, 15) is 0 Å². The van der Waals surface area contributed by atoms with E-state index in [0.29, 0.717) is 0 Å². The predicted octanol–water partition coefficient (Wildman–Crippen LogP) is 18.3. The standard InChI is InChI=1S/C65H45NS/c1-3-19-51(20-4-1)65(52-21-5-2-6-22-52)60-26-11-9-24-59(60)64-56(25-14-27-61(64)65)46-33-37-54(38-34-46)66(55-39-40-58-57-23-10-12-28-62(57)67-63(58)43-55)53-35-31-45(32-36-53)48-17-13-18-49(41-48)50-30-29-44-15-7-8-16-47(44)42-50/h1,3-5,7-43H,2,6H2. The zero-order valence-electron chi connectivity index (χ0n) is 36.9. The van der Waals surface area contributed by atoms with Crippen molar-refractivity contribution < 1.29 is 0 Å². The first-order chi connectivity index (χ1) is 33.2. The summed E-state index contributed by atoms with van der Waals surface area (Å²) in [4.78, 5) is 2.41. The van der Waals surface area contributed by atoms with Gasteiger partial charge in [-0.25, -0.2) is 0 Å². The zero-order valence-corrected chi connectivity index (χ0v) is 37.8. The van der Waals surface area contributed by atoms with Gasteiger partial charge in [0.05, 0.1) is 5.41 Å². The molecule has 0 radical (unpaired) electrons. The lowest BCUT2D eigenvalue weighted by atomic mass is 9.66. The Bertz CT molecular complexity index is 3740. The molecule has 1 atom stereocenters. The maximum atomic E-state index is 2.47. The molecule has 2 aliphatic carbocycles. The van der Waals surface area contributed by atoms with Crippen LogP contribution in [-0.2, 0) is 5.41 Å². The molecule has 1 unspecified atom stereocenters. The third-order valence-electron chi connectivity index (χ3n) is 14.2. The third kappa shape index (κ3) is 6.51. The fourth-order valence-electron chi connectivity index (χ4n) is 11.1. The van der Waals surface area contributed by atoms with Gasteiger partial charge in [-0.15, -0.1) is 11.3 Å². The van der Waals surface area contributed by atoms with Gasteiger partial charge in [-0.05, 0) is 145 Å². The summed E-state index contributed by atoms with van der Waals surface area (Å²) < 4.78 is 2.59. The fraction of sp³-hybridized carbons (Fsp3) is 0.0462. The molecule has 0 N–H and O–H groups in total. The average Bonchev–Trinajstić information content (AvgIpc) is 3.93. The van der Waals surface area contributed by atoms with Gasteiger partial charge >= 0.3 is 0 Å². The number of rotatable bonds is 8. The molecule has 11 aromatic rings. The van der Waals surface area contributed by atoms with Crippen molar-refractivity contribution in [3.05, 3.63) is 271 Å². The number of benzene rings is 10. The number of allylic oxidation sites excluding steroid dienone is 4. The van der Waals surface area contributed by atoms with Gasteiger partial charge in [0.1, 0.15) is 0 Å². The summed E-state index contributed by atoms with van der Waals surface area (Å²) in [5.41, 5.74) is 18.2. The van der Waals surface area contributed by atoms with Crippen molar-refractivity contribution in [2.24, 2.45) is 0 Å². The van der Waals surface area contributed by atoms with Crippen LogP contribution in [0.3, 0.4) is 0 Å². The third-order valence-corrected chi connectivity index (χ3v) is 15.3. The van der Waals surface area contributed by atoms with E-state index in [0.717, 1.165) is 29.9 Å². The van der Waals surface area contributed by atoms with Gasteiger partial charge in [0, 0.05) is 37.2 Å². The van der Waals surface area contributed by atoms with Crippen LogP contribution >= 0.6 is 11.3 Å². The molecule has 0 saturated heterocycles. The lowest BCUT2D eigenvalue weighted by molar-refractivity contribution is 0.751. The highest BCUT2D eigenvalue weighted by atomic mass is 32.1. The van der Waals surface area contributed by atoms with Crippen LogP contribution in [0.5, 0.6) is 0 Å². The van der Waals surface area contributed by atoms with Gasteiger partial charge in [0.2, 0.25) is 0 Å². The Labute approximate surface area is 395 Å². The molecular weight excluding hydrogens is 827 g/mol. The number of anilines is 3. The van der Waals surface area contributed by atoms with Gasteiger partial charge < -0.3 is 4.90 Å². The van der Waals surface area contributed by atoms with Crippen LogP contribution in [0.1, 0.15) is 29.5 Å². The minimum atomic E-state index is -0.397. The highest BCUT2D eigenvalue weighted by Gasteiger charge is 2.47. The average molecular weight is 872 g/mol. The summed E-state index contributed by atoms with van der Waals surface area (Å²) in [6.45, 7) is 0. The van der Waals surface area contributed by atoms with E-state index in [4.69, 9.17) is 0 Å². The van der Waals surface area contributed by atoms with Crippen molar-refractivity contribution in [3.8, 4) is 44.5 Å². The molecule has 67 heavy (non-hydrogen) atoms. The molecule has 0 aliphatic heterocycles. The lowest BCUT2D eigenvalue weighted by Gasteiger charge is -2.35. The molecule has 1 aromatic heterocycles. The van der Waals surface area contributed by atoms with Crippen LogP contribution in [0, 0.1) is 0 Å². The first-order valence-electron chi connectivity index (χ1n) is 23.4. The topological polar surface area (TPSA) is 3.24 Å². The van der Waals surface area contributed by atoms with Gasteiger partial charge in [-0.1, -0.05) is 194 Å². The van der Waals surface area contributed by atoms with Crippen molar-refractivity contribution in [1.29, 1.82) is 0 Å². The minimum absolute atomic E-state index is 0.397. The smallest absolute Gasteiger partial charge is 0.0710 e. The molecule has 0 saturated carbocycles. The Morgan fingerprint density at radius 2 is 1.01 bits per heavy atom. The maximum Gasteiger partial charge on any atom is 0.0710 e. The first-order valence-corrected chi connectivity index (χ1v) is 24.2. The molecule has 13 rings (SSSR count). The predicted molar refractivity (Wildman–Crippen MR) is 286 cm³/mol. The van der Waals surface area contributed by atoms with Crippen molar-refractivity contribution in [2.45, 2.75) is 18.3 Å². The van der Waals surface area contributed by atoms with Gasteiger partial charge in [-0.3, -0.25) is 0 Å². The van der Waals surface area contributed by atoms with Crippen LogP contribution in [0.4, 0.5) is 17.1 Å². The second kappa shape index (κ2) is 16.1. The molecule has 10 aromatic carbocycles. The Balaban J connectivity index is 0.912. The minimum Gasteiger partial charge on any atom is -0.310 e. The van der Waals surface area contributed by atoms with Crippen LogP contribution in [0.15, 0.2) is 254 Å². The number of fused-ring (bicyclic) bond motifs is 7. The van der Waals surface area contributed by atoms with Crippen LogP contribution in [0.2, 0.25) is 0 Å². The van der Waals surface area contributed by atoms with E-state index >= 15 is 0 Å². The molecule has 0 fully saturated rings. The Hall–Kier alpha value is -8.04.